The van der Waals surface area contributed by atoms with Crippen molar-refractivity contribution in [2.75, 3.05) is 5.88 Å². The van der Waals surface area contributed by atoms with Gasteiger partial charge in [-0.2, -0.15) is 8.75 Å². The Kier molecular flexibility index (Phi) is 3.13. The smallest absolute Gasteiger partial charge is 0.235 e. The summed E-state index contributed by atoms with van der Waals surface area (Å²) in [6, 6.07) is 5.71. The zero-order valence-electron chi connectivity index (χ0n) is 7.74. The first-order chi connectivity index (χ1) is 7.29. The minimum atomic E-state index is -0.173. The van der Waals surface area contributed by atoms with Crippen LogP contribution >= 0.6 is 23.3 Å². The lowest BCUT2D eigenvalue weighted by atomic mass is 10.2. The highest BCUT2D eigenvalue weighted by atomic mass is 35.5. The molecule has 0 atom stereocenters. The molecule has 0 aliphatic carbocycles. The molecule has 1 N–H and O–H groups in total. The summed E-state index contributed by atoms with van der Waals surface area (Å²) in [5.41, 5.74) is 2.73. The van der Waals surface area contributed by atoms with Crippen LogP contribution in [0.4, 0.5) is 0 Å². The second kappa shape index (κ2) is 4.55. The van der Waals surface area contributed by atoms with Crippen LogP contribution in [0.2, 0.25) is 0 Å². The van der Waals surface area contributed by atoms with Gasteiger partial charge in [-0.3, -0.25) is 4.79 Å². The molecule has 15 heavy (non-hydrogen) atoms. The monoisotopic (exact) mass is 241 g/mol. The van der Waals surface area contributed by atoms with Gasteiger partial charge in [0.25, 0.3) is 0 Å². The number of halogens is 1. The summed E-state index contributed by atoms with van der Waals surface area (Å²) in [6.07, 6.45) is 0. The molecule has 0 saturated carbocycles. The molecule has 0 bridgehead atoms. The number of nitrogens with one attached hydrogen (secondary N) is 1. The molecule has 78 valence electrons. The molecule has 1 aromatic heterocycles. The Labute approximate surface area is 95.6 Å². The Bertz CT molecular complexity index is 485. The van der Waals surface area contributed by atoms with Gasteiger partial charge in [-0.1, -0.05) is 6.07 Å². The van der Waals surface area contributed by atoms with Gasteiger partial charge in [0, 0.05) is 6.54 Å². The second-order valence-corrected chi connectivity index (χ2v) is 3.79. The minimum Gasteiger partial charge on any atom is -0.351 e. The van der Waals surface area contributed by atoms with E-state index in [1.54, 1.807) is 0 Å². The average Bonchev–Trinajstić information content (AvgIpc) is 2.72. The molecule has 4 nitrogen and oxygen atoms in total. The van der Waals surface area contributed by atoms with Crippen LogP contribution in [0.25, 0.3) is 11.0 Å². The van der Waals surface area contributed by atoms with Gasteiger partial charge in [0.05, 0.1) is 11.7 Å². The van der Waals surface area contributed by atoms with Crippen LogP contribution in [0.3, 0.4) is 0 Å². The maximum Gasteiger partial charge on any atom is 0.235 e. The molecule has 0 saturated heterocycles. The SMILES string of the molecule is O=C(CCl)NCc1ccc2nsnc2c1. The first-order valence-corrected chi connectivity index (χ1v) is 5.60. The lowest BCUT2D eigenvalue weighted by Gasteiger charge is -2.02. The normalized spacial score (nSPS) is 10.5. The minimum absolute atomic E-state index is 0.0134. The van der Waals surface area contributed by atoms with E-state index in [9.17, 15) is 4.79 Å². The van der Waals surface area contributed by atoms with Crippen molar-refractivity contribution >= 4 is 40.3 Å². The summed E-state index contributed by atoms with van der Waals surface area (Å²) in [5, 5.41) is 2.69. The van der Waals surface area contributed by atoms with Crippen LogP contribution in [0, 0.1) is 0 Å². The third-order valence-electron chi connectivity index (χ3n) is 1.93. The van der Waals surface area contributed by atoms with E-state index in [-0.39, 0.29) is 11.8 Å². The van der Waals surface area contributed by atoms with Crippen LogP contribution in [0.5, 0.6) is 0 Å². The van der Waals surface area contributed by atoms with Gasteiger partial charge in [0.1, 0.15) is 16.9 Å². The van der Waals surface area contributed by atoms with Crippen LogP contribution in [-0.4, -0.2) is 20.5 Å². The van der Waals surface area contributed by atoms with E-state index < -0.39 is 0 Å². The predicted molar refractivity (Wildman–Crippen MR) is 60.0 cm³/mol. The fourth-order valence-electron chi connectivity index (χ4n) is 1.19. The summed E-state index contributed by atoms with van der Waals surface area (Å²) in [6.45, 7) is 0.471. The maximum atomic E-state index is 10.9. The van der Waals surface area contributed by atoms with Gasteiger partial charge >= 0.3 is 0 Å². The molecule has 1 aromatic carbocycles. The zero-order chi connectivity index (χ0) is 10.7. The van der Waals surface area contributed by atoms with Crippen LogP contribution < -0.4 is 5.32 Å². The largest absolute Gasteiger partial charge is 0.351 e. The van der Waals surface area contributed by atoms with Gasteiger partial charge in [0.2, 0.25) is 5.91 Å². The van der Waals surface area contributed by atoms with Gasteiger partial charge < -0.3 is 5.32 Å². The summed E-state index contributed by atoms with van der Waals surface area (Å²) >= 11 is 6.55. The topological polar surface area (TPSA) is 54.9 Å². The van der Waals surface area contributed by atoms with Gasteiger partial charge in [0.15, 0.2) is 0 Å². The van der Waals surface area contributed by atoms with Crippen molar-refractivity contribution in [3.63, 3.8) is 0 Å². The first-order valence-electron chi connectivity index (χ1n) is 4.33. The van der Waals surface area contributed by atoms with Crippen LogP contribution in [0.15, 0.2) is 18.2 Å². The molecule has 0 fully saturated rings. The summed E-state index contributed by atoms with van der Waals surface area (Å²) in [5.74, 6) is -0.186. The molecule has 1 amide bonds. The Morgan fingerprint density at radius 3 is 3.00 bits per heavy atom. The number of benzene rings is 1. The van der Waals surface area contributed by atoms with Gasteiger partial charge in [-0.05, 0) is 17.7 Å². The van der Waals surface area contributed by atoms with Crippen molar-refractivity contribution in [2.45, 2.75) is 6.54 Å². The molecule has 0 aliphatic rings. The number of hydrogen-bond acceptors (Lipinski definition) is 4. The Morgan fingerprint density at radius 2 is 2.20 bits per heavy atom. The fraction of sp³-hybridized carbons (Fsp3) is 0.222. The van der Waals surface area contributed by atoms with Crippen molar-refractivity contribution in [3.05, 3.63) is 23.8 Å². The number of carbonyl (C=O) groups is 1. The molecule has 0 spiro atoms. The van der Waals surface area contributed by atoms with Gasteiger partial charge in [-0.15, -0.1) is 11.6 Å². The third-order valence-corrected chi connectivity index (χ3v) is 2.73. The van der Waals surface area contributed by atoms with E-state index in [1.807, 2.05) is 18.2 Å². The molecular formula is C9H8ClN3OS. The summed E-state index contributed by atoms with van der Waals surface area (Å²) in [4.78, 5) is 10.9. The first kappa shape index (κ1) is 10.3. The third kappa shape index (κ3) is 2.43. The molecule has 6 heteroatoms. The molecular weight excluding hydrogens is 234 g/mol. The van der Waals surface area contributed by atoms with E-state index in [0.717, 1.165) is 16.6 Å². The number of hydrogen-bond donors (Lipinski definition) is 1. The summed E-state index contributed by atoms with van der Waals surface area (Å²) in [7, 11) is 0. The number of nitrogens with zero attached hydrogens (tertiary/aromatic N) is 2. The quantitative estimate of drug-likeness (QED) is 0.830. The Balaban J connectivity index is 2.11. The predicted octanol–water partition coefficient (Wildman–Crippen LogP) is 1.55. The van der Waals surface area contributed by atoms with E-state index >= 15 is 0 Å². The lowest BCUT2D eigenvalue weighted by molar-refractivity contribution is -0.118. The standard InChI is InChI=1S/C9H8ClN3OS/c10-4-9(14)11-5-6-1-2-7-8(3-6)13-15-12-7/h1-3H,4-5H2,(H,11,14). The molecule has 1 heterocycles. The summed E-state index contributed by atoms with van der Waals surface area (Å²) < 4.78 is 8.21. The molecule has 0 radical (unpaired) electrons. The fourth-order valence-corrected chi connectivity index (χ4v) is 1.80. The highest BCUT2D eigenvalue weighted by Crippen LogP contribution is 2.13. The van der Waals surface area contributed by atoms with E-state index in [0.29, 0.717) is 6.54 Å². The zero-order valence-corrected chi connectivity index (χ0v) is 9.31. The Hall–Kier alpha value is -1.20. The maximum absolute atomic E-state index is 10.9. The number of rotatable bonds is 3. The highest BCUT2D eigenvalue weighted by molar-refractivity contribution is 7.00. The molecule has 0 aliphatic heterocycles. The second-order valence-electron chi connectivity index (χ2n) is 3.00. The number of amides is 1. The van der Waals surface area contributed by atoms with Crippen molar-refractivity contribution in [1.29, 1.82) is 0 Å². The number of alkyl halides is 1. The molecule has 0 unspecified atom stereocenters. The number of fused-ring (bicyclic) bond motifs is 1. The van der Waals surface area contributed by atoms with Crippen LogP contribution in [-0.2, 0) is 11.3 Å². The van der Waals surface area contributed by atoms with Crippen molar-refractivity contribution in [2.24, 2.45) is 0 Å². The highest BCUT2D eigenvalue weighted by Gasteiger charge is 2.01. The molecule has 2 rings (SSSR count). The van der Waals surface area contributed by atoms with E-state index in [2.05, 4.69) is 14.1 Å². The number of carbonyl (C=O) groups excluding carboxylic acids is 1. The number of aromatic nitrogens is 2. The van der Waals surface area contributed by atoms with Crippen molar-refractivity contribution in [3.8, 4) is 0 Å². The van der Waals surface area contributed by atoms with Crippen LogP contribution in [0.1, 0.15) is 5.56 Å². The van der Waals surface area contributed by atoms with E-state index in [4.69, 9.17) is 11.6 Å². The van der Waals surface area contributed by atoms with Crippen molar-refractivity contribution in [1.82, 2.24) is 14.1 Å². The van der Waals surface area contributed by atoms with Crippen molar-refractivity contribution < 1.29 is 4.79 Å². The lowest BCUT2D eigenvalue weighted by Crippen LogP contribution is -2.23. The van der Waals surface area contributed by atoms with E-state index in [1.165, 1.54) is 11.7 Å². The molecule has 2 aromatic rings. The average molecular weight is 242 g/mol. The Morgan fingerprint density at radius 1 is 1.40 bits per heavy atom. The van der Waals surface area contributed by atoms with Gasteiger partial charge in [-0.25, -0.2) is 0 Å².